The second-order valence-corrected chi connectivity index (χ2v) is 14.1. The molecule has 2 heterocycles. The first-order valence-corrected chi connectivity index (χ1v) is 15.8. The first kappa shape index (κ1) is 32.7. The number of halogens is 2. The molecule has 0 amide bonds. The quantitative estimate of drug-likeness (QED) is 0.224. The smallest absolute Gasteiger partial charge is 0.337 e. The summed E-state index contributed by atoms with van der Waals surface area (Å²) in [6.07, 6.45) is 3.10. The molecule has 45 heavy (non-hydrogen) atoms. The van der Waals surface area contributed by atoms with Crippen molar-refractivity contribution in [1.29, 1.82) is 0 Å². The van der Waals surface area contributed by atoms with Crippen LogP contribution >= 0.6 is 0 Å². The van der Waals surface area contributed by atoms with Crippen LogP contribution in [0.2, 0.25) is 0 Å². The number of anilines is 2. The van der Waals surface area contributed by atoms with E-state index < -0.39 is 23.5 Å². The van der Waals surface area contributed by atoms with Gasteiger partial charge in [0.15, 0.2) is 17.7 Å². The van der Waals surface area contributed by atoms with Crippen molar-refractivity contribution in [3.05, 3.63) is 70.9 Å². The Balaban J connectivity index is 1.59. The monoisotopic (exact) mass is 621 g/mol. The topological polar surface area (TPSA) is 83.9 Å². The fraction of sp³-hybridized carbons (Fsp3) is 0.500. The highest BCUT2D eigenvalue weighted by Crippen LogP contribution is 2.47. The number of carboxylic acid groups (broad SMARTS) is 1. The van der Waals surface area contributed by atoms with Crippen LogP contribution in [0.4, 0.5) is 20.3 Å². The molecule has 5 rings (SSSR count). The summed E-state index contributed by atoms with van der Waals surface area (Å²) in [4.78, 5) is 20.0. The number of benzene rings is 2. The zero-order valence-corrected chi connectivity index (χ0v) is 27.2. The number of hydrogen-bond acceptors (Lipinski definition) is 6. The van der Waals surface area contributed by atoms with Crippen LogP contribution < -0.4 is 15.0 Å². The standard InChI is InChI=1S/C36H45F2N3O4/c1-22-29(32(34(42)43)45-35(2,3)4)31(41-18-16-36(5,6)17-19-41)30(33(39-22)40-26-12-13-26)24-9-14-28(27(38)21-24)44-20-15-23-7-10-25(37)11-8-23/h7-11,14,21,26,32H,12-13,15-20H2,1-6H3,(H,39,40)(H,42,43)/t32-/m0/s1. The van der Waals surface area contributed by atoms with Crippen LogP contribution in [0, 0.1) is 24.0 Å². The molecule has 1 aliphatic carbocycles. The Morgan fingerprint density at radius 3 is 2.36 bits per heavy atom. The molecule has 2 aromatic carbocycles. The van der Waals surface area contributed by atoms with Crippen LogP contribution in [-0.4, -0.2) is 47.4 Å². The number of aryl methyl sites for hydroxylation is 1. The Morgan fingerprint density at radius 2 is 1.78 bits per heavy atom. The predicted molar refractivity (Wildman–Crippen MR) is 173 cm³/mol. The van der Waals surface area contributed by atoms with E-state index in [1.54, 1.807) is 18.2 Å². The highest BCUT2D eigenvalue weighted by Gasteiger charge is 2.38. The summed E-state index contributed by atoms with van der Waals surface area (Å²) in [5.74, 6) is -1.21. The van der Waals surface area contributed by atoms with Crippen molar-refractivity contribution in [1.82, 2.24) is 4.98 Å². The Morgan fingerprint density at radius 1 is 1.11 bits per heavy atom. The van der Waals surface area contributed by atoms with Crippen LogP contribution in [0.3, 0.4) is 0 Å². The molecule has 0 unspecified atom stereocenters. The molecule has 1 aliphatic heterocycles. The number of carboxylic acids is 1. The summed E-state index contributed by atoms with van der Waals surface area (Å²) in [6.45, 7) is 13.5. The van der Waals surface area contributed by atoms with Gasteiger partial charge in [-0.25, -0.2) is 18.6 Å². The van der Waals surface area contributed by atoms with Gasteiger partial charge in [-0.3, -0.25) is 0 Å². The van der Waals surface area contributed by atoms with E-state index in [0.29, 0.717) is 47.7 Å². The molecule has 2 aliphatic rings. The molecule has 2 N–H and O–H groups in total. The molecular weight excluding hydrogens is 576 g/mol. The zero-order valence-electron chi connectivity index (χ0n) is 27.2. The maximum absolute atomic E-state index is 15.7. The third-order valence-corrected chi connectivity index (χ3v) is 8.49. The summed E-state index contributed by atoms with van der Waals surface area (Å²) in [5, 5.41) is 14.0. The number of ether oxygens (including phenoxy) is 2. The van der Waals surface area contributed by atoms with Gasteiger partial charge in [0.2, 0.25) is 0 Å². The number of aliphatic carboxylic acids is 1. The number of pyridine rings is 1. The minimum atomic E-state index is -1.27. The highest BCUT2D eigenvalue weighted by atomic mass is 19.1. The third kappa shape index (κ3) is 8.12. The molecular formula is C36H45F2N3O4. The van der Waals surface area contributed by atoms with Gasteiger partial charge >= 0.3 is 5.97 Å². The average Bonchev–Trinajstić information content (AvgIpc) is 3.77. The number of piperidine rings is 1. The summed E-state index contributed by atoms with van der Waals surface area (Å²) in [7, 11) is 0. The van der Waals surface area contributed by atoms with Gasteiger partial charge in [0, 0.05) is 42.4 Å². The number of nitrogens with one attached hydrogen (secondary N) is 1. The fourth-order valence-electron chi connectivity index (χ4n) is 5.77. The van der Waals surface area contributed by atoms with Crippen LogP contribution in [0.15, 0.2) is 42.5 Å². The van der Waals surface area contributed by atoms with E-state index in [1.807, 2.05) is 33.8 Å². The predicted octanol–water partition coefficient (Wildman–Crippen LogP) is 8.10. The van der Waals surface area contributed by atoms with E-state index >= 15 is 4.39 Å². The second kappa shape index (κ2) is 12.9. The van der Waals surface area contributed by atoms with Gasteiger partial charge in [0.1, 0.15) is 11.6 Å². The molecule has 1 atom stereocenters. The van der Waals surface area contributed by atoms with Gasteiger partial charge in [-0.1, -0.05) is 32.0 Å². The minimum absolute atomic E-state index is 0.110. The van der Waals surface area contributed by atoms with Crippen molar-refractivity contribution < 1.29 is 28.2 Å². The molecule has 9 heteroatoms. The van der Waals surface area contributed by atoms with Crippen molar-refractivity contribution in [2.24, 2.45) is 5.41 Å². The van der Waals surface area contributed by atoms with Gasteiger partial charge in [-0.05, 0) is 94.2 Å². The Hall–Kier alpha value is -3.72. The van der Waals surface area contributed by atoms with E-state index in [-0.39, 0.29) is 29.6 Å². The maximum Gasteiger partial charge on any atom is 0.337 e. The first-order valence-electron chi connectivity index (χ1n) is 15.8. The van der Waals surface area contributed by atoms with Gasteiger partial charge in [-0.2, -0.15) is 0 Å². The summed E-state index contributed by atoms with van der Waals surface area (Å²) in [5.41, 5.74) is 3.34. The molecule has 1 aromatic heterocycles. The molecule has 2 fully saturated rings. The molecule has 242 valence electrons. The summed E-state index contributed by atoms with van der Waals surface area (Å²) in [6, 6.07) is 11.3. The lowest BCUT2D eigenvalue weighted by Gasteiger charge is -2.41. The van der Waals surface area contributed by atoms with Gasteiger partial charge in [0.05, 0.1) is 17.9 Å². The SMILES string of the molecule is Cc1nc(NC2CC2)c(-c2ccc(OCCc3ccc(F)cc3)c(F)c2)c(N2CCC(C)(C)CC2)c1[C@H](OC(C)(C)C)C(=O)O. The van der Waals surface area contributed by atoms with Crippen molar-refractivity contribution in [2.45, 2.75) is 91.4 Å². The van der Waals surface area contributed by atoms with Gasteiger partial charge in [-0.15, -0.1) is 0 Å². The highest BCUT2D eigenvalue weighted by molar-refractivity contribution is 5.92. The summed E-state index contributed by atoms with van der Waals surface area (Å²) >= 11 is 0. The molecule has 1 saturated heterocycles. The number of carbonyl (C=O) groups is 1. The number of hydrogen-bond donors (Lipinski definition) is 2. The lowest BCUT2D eigenvalue weighted by atomic mass is 9.82. The molecule has 7 nitrogen and oxygen atoms in total. The number of nitrogens with zero attached hydrogens (tertiary/aromatic N) is 2. The Kier molecular flexibility index (Phi) is 9.40. The Bertz CT molecular complexity index is 1520. The molecule has 0 radical (unpaired) electrons. The van der Waals surface area contributed by atoms with Crippen LogP contribution in [0.25, 0.3) is 11.1 Å². The first-order chi connectivity index (χ1) is 21.2. The lowest BCUT2D eigenvalue weighted by molar-refractivity contribution is -0.160. The summed E-state index contributed by atoms with van der Waals surface area (Å²) < 4.78 is 41.0. The van der Waals surface area contributed by atoms with E-state index in [0.717, 1.165) is 36.9 Å². The van der Waals surface area contributed by atoms with Crippen molar-refractivity contribution in [3.63, 3.8) is 0 Å². The average molecular weight is 622 g/mol. The van der Waals surface area contributed by atoms with Crippen LogP contribution in [0.5, 0.6) is 5.75 Å². The lowest BCUT2D eigenvalue weighted by Crippen LogP contribution is -2.39. The molecule has 1 saturated carbocycles. The molecule has 0 spiro atoms. The van der Waals surface area contributed by atoms with E-state index in [4.69, 9.17) is 14.5 Å². The minimum Gasteiger partial charge on any atom is -0.490 e. The van der Waals surface area contributed by atoms with E-state index in [2.05, 4.69) is 24.1 Å². The zero-order chi connectivity index (χ0) is 32.5. The van der Waals surface area contributed by atoms with Crippen LogP contribution in [-0.2, 0) is 16.0 Å². The largest absolute Gasteiger partial charge is 0.490 e. The fourth-order valence-corrected chi connectivity index (χ4v) is 5.77. The molecule has 3 aromatic rings. The number of aromatic nitrogens is 1. The number of rotatable bonds is 11. The normalized spacial score (nSPS) is 17.2. The van der Waals surface area contributed by atoms with Crippen molar-refractivity contribution in [2.75, 3.05) is 29.9 Å². The Labute approximate surface area is 265 Å². The van der Waals surface area contributed by atoms with Crippen molar-refractivity contribution in [3.8, 4) is 16.9 Å². The molecule has 0 bridgehead atoms. The van der Waals surface area contributed by atoms with E-state index in [1.165, 1.54) is 18.2 Å². The van der Waals surface area contributed by atoms with Gasteiger partial charge < -0.3 is 24.8 Å². The van der Waals surface area contributed by atoms with Crippen LogP contribution in [0.1, 0.15) is 83.2 Å². The van der Waals surface area contributed by atoms with Crippen molar-refractivity contribution >= 4 is 17.5 Å². The van der Waals surface area contributed by atoms with Gasteiger partial charge in [0.25, 0.3) is 0 Å². The van der Waals surface area contributed by atoms with E-state index in [9.17, 15) is 14.3 Å². The maximum atomic E-state index is 15.7. The second-order valence-electron chi connectivity index (χ2n) is 14.1. The third-order valence-electron chi connectivity index (χ3n) is 8.49.